The zero-order chi connectivity index (χ0) is 20.3. The van der Waals surface area contributed by atoms with Crippen LogP contribution < -0.4 is 4.90 Å². The maximum atomic E-state index is 12.8. The van der Waals surface area contributed by atoms with E-state index in [4.69, 9.17) is 4.98 Å². The van der Waals surface area contributed by atoms with E-state index in [9.17, 15) is 16.8 Å². The van der Waals surface area contributed by atoms with Crippen molar-refractivity contribution in [3.8, 4) is 0 Å². The van der Waals surface area contributed by atoms with Crippen LogP contribution in [-0.2, 0) is 25.8 Å². The topological polar surface area (TPSA) is 104 Å². The van der Waals surface area contributed by atoms with Crippen LogP contribution in [-0.4, -0.2) is 80.9 Å². The number of anilines is 1. The van der Waals surface area contributed by atoms with Crippen molar-refractivity contribution in [2.75, 3.05) is 45.2 Å². The van der Waals surface area contributed by atoms with Gasteiger partial charge in [0, 0.05) is 58.0 Å². The maximum Gasteiger partial charge on any atom is 0.281 e. The molecular formula is C17H27N5O4S2. The van der Waals surface area contributed by atoms with Crippen molar-refractivity contribution in [3.63, 3.8) is 0 Å². The smallest absolute Gasteiger partial charge is 0.281 e. The fourth-order valence-electron chi connectivity index (χ4n) is 4.47. The zero-order valence-electron chi connectivity index (χ0n) is 16.4. The fraction of sp³-hybridized carbons (Fsp3) is 0.765. The Balaban J connectivity index is 1.71. The Hall–Kier alpha value is -1.30. The van der Waals surface area contributed by atoms with E-state index in [1.54, 1.807) is 6.20 Å². The van der Waals surface area contributed by atoms with E-state index in [-0.39, 0.29) is 18.8 Å². The average molecular weight is 430 g/mol. The van der Waals surface area contributed by atoms with Gasteiger partial charge in [-0.15, -0.1) is 0 Å². The molecule has 0 saturated carbocycles. The van der Waals surface area contributed by atoms with Gasteiger partial charge in [0.2, 0.25) is 5.95 Å². The summed E-state index contributed by atoms with van der Waals surface area (Å²) in [7, 11) is -4.22. The number of fused-ring (bicyclic) bond motifs is 3. The molecule has 0 radical (unpaired) electrons. The van der Waals surface area contributed by atoms with Crippen LogP contribution in [0, 0.1) is 5.92 Å². The van der Waals surface area contributed by atoms with Crippen molar-refractivity contribution in [2.24, 2.45) is 5.92 Å². The van der Waals surface area contributed by atoms with Crippen LogP contribution in [0.1, 0.15) is 36.9 Å². The first-order valence-electron chi connectivity index (χ1n) is 9.59. The van der Waals surface area contributed by atoms with E-state index in [1.165, 1.54) is 24.8 Å². The average Bonchev–Trinajstić information content (AvgIpc) is 3.09. The van der Waals surface area contributed by atoms with E-state index in [2.05, 4.69) is 16.8 Å². The summed E-state index contributed by atoms with van der Waals surface area (Å²) in [5, 5.41) is -0.752. The number of aromatic nitrogens is 2. The summed E-state index contributed by atoms with van der Waals surface area (Å²) >= 11 is 0. The van der Waals surface area contributed by atoms with Crippen molar-refractivity contribution in [3.05, 3.63) is 17.5 Å². The normalized spacial score (nSPS) is 30.3. The quantitative estimate of drug-likeness (QED) is 0.677. The van der Waals surface area contributed by atoms with Gasteiger partial charge in [-0.25, -0.2) is 18.4 Å². The first kappa shape index (κ1) is 20.0. The van der Waals surface area contributed by atoms with E-state index >= 15 is 0 Å². The molecule has 1 aromatic rings. The molecule has 0 aromatic carbocycles. The molecule has 0 N–H and O–H groups in total. The van der Waals surface area contributed by atoms with E-state index < -0.39 is 31.2 Å². The molecule has 2 fully saturated rings. The molecule has 0 aliphatic carbocycles. The highest BCUT2D eigenvalue weighted by molar-refractivity contribution is 7.91. The summed E-state index contributed by atoms with van der Waals surface area (Å²) in [5.74, 6) is 0.606. The first-order valence-corrected chi connectivity index (χ1v) is 12.7. The van der Waals surface area contributed by atoms with E-state index in [0.29, 0.717) is 23.1 Å². The summed E-state index contributed by atoms with van der Waals surface area (Å²) in [6.07, 6.45) is 3.88. The summed E-state index contributed by atoms with van der Waals surface area (Å²) in [4.78, 5) is 11.3. The van der Waals surface area contributed by atoms with Gasteiger partial charge in [-0.3, -0.25) is 0 Å². The molecule has 0 spiro atoms. The van der Waals surface area contributed by atoms with Crippen molar-refractivity contribution in [1.82, 2.24) is 18.6 Å². The molecule has 156 valence electrons. The molecule has 0 amide bonds. The van der Waals surface area contributed by atoms with Gasteiger partial charge in [-0.05, 0) is 18.8 Å². The second-order valence-electron chi connectivity index (χ2n) is 8.33. The molecule has 0 bridgehead atoms. The standard InChI is InChI=1S/C17H27N5O4S2/c1-12-5-4-6-21(8-12)17-18-7-13-11-27(23,24)15-10-22(28(25,26)20(2)3)9-14(15)16(13)19-17/h7,12,14-15H,4-6,8-11H2,1-3H3/t12?,14-,15+/m0/s1. The maximum absolute atomic E-state index is 12.8. The lowest BCUT2D eigenvalue weighted by molar-refractivity contribution is 0.418. The Morgan fingerprint density at radius 3 is 2.64 bits per heavy atom. The molecule has 4 rings (SSSR count). The molecule has 9 nitrogen and oxygen atoms in total. The van der Waals surface area contributed by atoms with Crippen LogP contribution in [0.25, 0.3) is 0 Å². The molecular weight excluding hydrogens is 402 g/mol. The molecule has 4 heterocycles. The molecule has 3 atom stereocenters. The summed E-state index contributed by atoms with van der Waals surface area (Å²) in [6, 6.07) is 0. The second-order valence-corrected chi connectivity index (χ2v) is 12.7. The third kappa shape index (κ3) is 3.31. The molecule has 3 aliphatic rings. The van der Waals surface area contributed by atoms with Gasteiger partial charge < -0.3 is 4.90 Å². The van der Waals surface area contributed by atoms with Crippen LogP contribution >= 0.6 is 0 Å². The highest BCUT2D eigenvalue weighted by Crippen LogP contribution is 2.40. The van der Waals surface area contributed by atoms with E-state index in [1.807, 2.05) is 0 Å². The third-order valence-electron chi connectivity index (χ3n) is 6.01. The number of hydrogen-bond acceptors (Lipinski definition) is 7. The van der Waals surface area contributed by atoms with Crippen molar-refractivity contribution < 1.29 is 16.8 Å². The lowest BCUT2D eigenvalue weighted by Crippen LogP contribution is -2.40. The monoisotopic (exact) mass is 429 g/mol. The minimum Gasteiger partial charge on any atom is -0.341 e. The molecule has 2 saturated heterocycles. The van der Waals surface area contributed by atoms with Crippen LogP contribution in [0.2, 0.25) is 0 Å². The van der Waals surface area contributed by atoms with Gasteiger partial charge in [0.1, 0.15) is 0 Å². The summed E-state index contributed by atoms with van der Waals surface area (Å²) < 4.78 is 53.1. The number of sulfone groups is 1. The van der Waals surface area contributed by atoms with Crippen LogP contribution in [0.15, 0.2) is 6.20 Å². The number of hydrogen-bond donors (Lipinski definition) is 0. The highest BCUT2D eigenvalue weighted by atomic mass is 32.2. The molecule has 1 aromatic heterocycles. The summed E-state index contributed by atoms with van der Waals surface area (Å²) in [5.41, 5.74) is 1.29. The van der Waals surface area contributed by atoms with Crippen molar-refractivity contribution in [2.45, 2.75) is 36.7 Å². The minimum atomic E-state index is -3.68. The number of piperidine rings is 1. The Morgan fingerprint density at radius 2 is 1.96 bits per heavy atom. The van der Waals surface area contributed by atoms with Crippen LogP contribution in [0.5, 0.6) is 0 Å². The van der Waals surface area contributed by atoms with Gasteiger partial charge in [-0.2, -0.15) is 17.0 Å². The van der Waals surface area contributed by atoms with Crippen LogP contribution in [0.4, 0.5) is 5.95 Å². The fourth-order valence-corrected chi connectivity index (χ4v) is 7.72. The van der Waals surface area contributed by atoms with Crippen molar-refractivity contribution >= 4 is 26.0 Å². The van der Waals surface area contributed by atoms with Gasteiger partial charge in [0.15, 0.2) is 9.84 Å². The third-order valence-corrected chi connectivity index (χ3v) is 10.0. The minimum absolute atomic E-state index is 0.0208. The number of nitrogens with zero attached hydrogens (tertiary/aromatic N) is 5. The largest absolute Gasteiger partial charge is 0.341 e. The predicted molar refractivity (Wildman–Crippen MR) is 106 cm³/mol. The lowest BCUT2D eigenvalue weighted by Gasteiger charge is -2.32. The summed E-state index contributed by atoms with van der Waals surface area (Å²) in [6.45, 7) is 4.08. The highest BCUT2D eigenvalue weighted by Gasteiger charge is 2.50. The van der Waals surface area contributed by atoms with Gasteiger partial charge in [0.25, 0.3) is 10.2 Å². The first-order chi connectivity index (χ1) is 13.1. The number of rotatable bonds is 3. The Labute approximate surface area is 166 Å². The van der Waals surface area contributed by atoms with Crippen molar-refractivity contribution in [1.29, 1.82) is 0 Å². The van der Waals surface area contributed by atoms with Gasteiger partial charge in [0.05, 0.1) is 16.7 Å². The molecule has 1 unspecified atom stereocenters. The van der Waals surface area contributed by atoms with E-state index in [0.717, 1.165) is 23.8 Å². The van der Waals surface area contributed by atoms with Gasteiger partial charge in [-0.1, -0.05) is 6.92 Å². The SMILES string of the molecule is CC1CCCN(c2ncc3c(n2)[C@H]2CN(S(=O)(=O)N(C)C)C[C@H]2S(=O)(=O)C3)C1. The lowest BCUT2D eigenvalue weighted by atomic mass is 9.99. The Kier molecular flexibility index (Phi) is 4.92. The molecule has 3 aliphatic heterocycles. The Morgan fingerprint density at radius 1 is 1.21 bits per heavy atom. The van der Waals surface area contributed by atoms with Gasteiger partial charge >= 0.3 is 0 Å². The Bertz CT molecular complexity index is 979. The predicted octanol–water partition coefficient (Wildman–Crippen LogP) is 0.216. The second kappa shape index (κ2) is 6.89. The van der Waals surface area contributed by atoms with Crippen LogP contribution in [0.3, 0.4) is 0 Å². The zero-order valence-corrected chi connectivity index (χ0v) is 18.1. The molecule has 28 heavy (non-hydrogen) atoms. The molecule has 11 heteroatoms.